The van der Waals surface area contributed by atoms with Crippen molar-refractivity contribution in [3.8, 4) is 5.75 Å². The van der Waals surface area contributed by atoms with Gasteiger partial charge in [-0.1, -0.05) is 26.0 Å². The predicted octanol–water partition coefficient (Wildman–Crippen LogP) is 5.52. The molecule has 5 nitrogen and oxygen atoms in total. The van der Waals surface area contributed by atoms with Crippen LogP contribution in [0.1, 0.15) is 35.3 Å². The first kappa shape index (κ1) is 23.2. The van der Waals surface area contributed by atoms with Crippen molar-refractivity contribution in [3.05, 3.63) is 77.0 Å². The van der Waals surface area contributed by atoms with E-state index in [4.69, 9.17) is 4.74 Å². The molecule has 2 aromatic carbocycles. The number of ether oxygens (including phenoxy) is 1. The Morgan fingerprint density at radius 3 is 2.44 bits per heavy atom. The van der Waals surface area contributed by atoms with E-state index in [9.17, 15) is 26.7 Å². The molecule has 10 heteroatoms. The van der Waals surface area contributed by atoms with Crippen molar-refractivity contribution in [1.29, 1.82) is 0 Å². The van der Waals surface area contributed by atoms with Crippen LogP contribution in [0.4, 0.5) is 27.8 Å². The van der Waals surface area contributed by atoms with E-state index in [-0.39, 0.29) is 36.2 Å². The molecule has 1 N–H and O–H groups in total. The number of alkyl halides is 3. The average Bonchev–Trinajstić information content (AvgIpc) is 3.12. The summed E-state index contributed by atoms with van der Waals surface area (Å²) in [6.45, 7) is 3.80. The number of nitrogens with zero attached hydrogens (tertiary/aromatic N) is 2. The monoisotopic (exact) mass is 453 g/mol. The van der Waals surface area contributed by atoms with Crippen LogP contribution in [-0.4, -0.2) is 22.3 Å². The Balaban J connectivity index is 1.78. The van der Waals surface area contributed by atoms with Crippen LogP contribution in [0.3, 0.4) is 0 Å². The number of anilines is 1. The van der Waals surface area contributed by atoms with E-state index in [1.165, 1.54) is 29.1 Å². The van der Waals surface area contributed by atoms with Gasteiger partial charge in [-0.15, -0.1) is 0 Å². The standard InChI is InChI=1S/C22H20F5N3O2/c1-13(2)12-32-15-7-6-14(16(10-15)22(25,26)27)11-30-9-8-19(29-30)28-21(31)20-17(23)4-3-5-18(20)24/h3-10,13H,11-12H2,1-2H3,(H,28,29,31). The lowest BCUT2D eigenvalue weighted by Gasteiger charge is -2.16. The van der Waals surface area contributed by atoms with E-state index in [0.29, 0.717) is 0 Å². The molecular formula is C22H20F5N3O2. The first-order valence-electron chi connectivity index (χ1n) is 9.66. The molecule has 32 heavy (non-hydrogen) atoms. The van der Waals surface area contributed by atoms with E-state index in [1.54, 1.807) is 0 Å². The molecule has 0 saturated carbocycles. The molecule has 3 aromatic rings. The summed E-state index contributed by atoms with van der Waals surface area (Å²) in [6, 6.07) is 7.98. The molecule has 0 fully saturated rings. The Kier molecular flexibility index (Phi) is 6.81. The first-order valence-corrected chi connectivity index (χ1v) is 9.66. The van der Waals surface area contributed by atoms with Gasteiger partial charge in [-0.2, -0.15) is 18.3 Å². The molecule has 0 aliphatic carbocycles. The summed E-state index contributed by atoms with van der Waals surface area (Å²) in [5.74, 6) is -2.96. The average molecular weight is 453 g/mol. The van der Waals surface area contributed by atoms with E-state index < -0.39 is 34.8 Å². The van der Waals surface area contributed by atoms with Crippen molar-refractivity contribution in [2.24, 2.45) is 5.92 Å². The van der Waals surface area contributed by atoms with Gasteiger partial charge >= 0.3 is 6.18 Å². The quantitative estimate of drug-likeness (QED) is 0.480. The summed E-state index contributed by atoms with van der Waals surface area (Å²) in [5, 5.41) is 6.21. The molecule has 0 aliphatic rings. The molecule has 0 aliphatic heterocycles. The highest BCUT2D eigenvalue weighted by atomic mass is 19.4. The molecule has 0 saturated heterocycles. The maximum Gasteiger partial charge on any atom is 0.416 e. The van der Waals surface area contributed by atoms with Gasteiger partial charge in [-0.05, 0) is 35.7 Å². The fourth-order valence-corrected chi connectivity index (χ4v) is 2.89. The molecule has 0 spiro atoms. The highest BCUT2D eigenvalue weighted by Gasteiger charge is 2.34. The zero-order valence-corrected chi connectivity index (χ0v) is 17.2. The highest BCUT2D eigenvalue weighted by molar-refractivity contribution is 6.04. The SMILES string of the molecule is CC(C)COc1ccc(Cn2ccc(NC(=O)c3c(F)cccc3F)n2)c(C(F)(F)F)c1. The Labute approximate surface area is 180 Å². The maximum absolute atomic E-state index is 13.7. The first-order chi connectivity index (χ1) is 15.0. The lowest BCUT2D eigenvalue weighted by atomic mass is 10.1. The van der Waals surface area contributed by atoms with Crippen LogP contribution >= 0.6 is 0 Å². The number of carbonyl (C=O) groups excluding carboxylic acids is 1. The molecule has 1 amide bonds. The number of rotatable bonds is 7. The van der Waals surface area contributed by atoms with Crippen LogP contribution < -0.4 is 10.1 Å². The highest BCUT2D eigenvalue weighted by Crippen LogP contribution is 2.35. The van der Waals surface area contributed by atoms with Gasteiger partial charge in [0.25, 0.3) is 5.91 Å². The molecule has 0 unspecified atom stereocenters. The van der Waals surface area contributed by atoms with Crippen LogP contribution in [0.5, 0.6) is 5.75 Å². The van der Waals surface area contributed by atoms with Gasteiger partial charge < -0.3 is 10.1 Å². The van der Waals surface area contributed by atoms with Crippen molar-refractivity contribution in [1.82, 2.24) is 9.78 Å². The van der Waals surface area contributed by atoms with Crippen LogP contribution in [0, 0.1) is 17.6 Å². The molecule has 1 heterocycles. The number of hydrogen-bond acceptors (Lipinski definition) is 3. The fraction of sp³-hybridized carbons (Fsp3) is 0.273. The van der Waals surface area contributed by atoms with E-state index in [1.807, 2.05) is 13.8 Å². The Hall–Kier alpha value is -3.43. The minimum Gasteiger partial charge on any atom is -0.493 e. The number of hydrogen-bond donors (Lipinski definition) is 1. The number of amides is 1. The van der Waals surface area contributed by atoms with E-state index >= 15 is 0 Å². The maximum atomic E-state index is 13.7. The van der Waals surface area contributed by atoms with Crippen LogP contribution in [0.25, 0.3) is 0 Å². The van der Waals surface area contributed by atoms with Gasteiger partial charge in [-0.25, -0.2) is 8.78 Å². The van der Waals surface area contributed by atoms with Crippen LogP contribution in [0.2, 0.25) is 0 Å². The summed E-state index contributed by atoms with van der Waals surface area (Å²) >= 11 is 0. The second kappa shape index (κ2) is 9.37. The van der Waals surface area contributed by atoms with Crippen molar-refractivity contribution in [2.45, 2.75) is 26.6 Å². The molecular weight excluding hydrogens is 433 g/mol. The van der Waals surface area contributed by atoms with Crippen molar-refractivity contribution in [3.63, 3.8) is 0 Å². The van der Waals surface area contributed by atoms with E-state index in [0.717, 1.165) is 24.3 Å². The predicted molar refractivity (Wildman–Crippen MR) is 107 cm³/mol. The van der Waals surface area contributed by atoms with Crippen molar-refractivity contribution < 1.29 is 31.5 Å². The van der Waals surface area contributed by atoms with Crippen molar-refractivity contribution >= 4 is 11.7 Å². The van der Waals surface area contributed by atoms with Crippen LogP contribution in [-0.2, 0) is 12.7 Å². The lowest BCUT2D eigenvalue weighted by molar-refractivity contribution is -0.138. The zero-order chi connectivity index (χ0) is 23.5. The largest absolute Gasteiger partial charge is 0.493 e. The molecule has 170 valence electrons. The number of carbonyl (C=O) groups is 1. The lowest BCUT2D eigenvalue weighted by Crippen LogP contribution is -2.17. The van der Waals surface area contributed by atoms with Gasteiger partial charge in [-0.3, -0.25) is 9.48 Å². The molecule has 0 atom stereocenters. The van der Waals surface area contributed by atoms with Gasteiger partial charge in [0.2, 0.25) is 0 Å². The summed E-state index contributed by atoms with van der Waals surface area (Å²) in [5.41, 5.74) is -1.71. The smallest absolute Gasteiger partial charge is 0.416 e. The summed E-state index contributed by atoms with van der Waals surface area (Å²) < 4.78 is 74.7. The zero-order valence-electron chi connectivity index (χ0n) is 17.2. The second-order valence-electron chi connectivity index (χ2n) is 7.47. The molecule has 3 rings (SSSR count). The van der Waals surface area contributed by atoms with E-state index in [2.05, 4.69) is 10.4 Å². The van der Waals surface area contributed by atoms with Gasteiger partial charge in [0, 0.05) is 12.3 Å². The Morgan fingerprint density at radius 2 is 1.81 bits per heavy atom. The minimum absolute atomic E-state index is 0.0597. The van der Waals surface area contributed by atoms with Crippen molar-refractivity contribution in [2.75, 3.05) is 11.9 Å². The molecule has 0 radical (unpaired) electrons. The number of benzene rings is 2. The minimum atomic E-state index is -4.61. The van der Waals surface area contributed by atoms with Gasteiger partial charge in [0.05, 0.1) is 18.7 Å². The topological polar surface area (TPSA) is 56.1 Å². The second-order valence-corrected chi connectivity index (χ2v) is 7.47. The Morgan fingerprint density at radius 1 is 1.12 bits per heavy atom. The Bertz CT molecular complexity index is 1090. The third kappa shape index (κ3) is 5.63. The molecule has 1 aromatic heterocycles. The van der Waals surface area contributed by atoms with Gasteiger partial charge in [0.15, 0.2) is 5.82 Å². The summed E-state index contributed by atoms with van der Waals surface area (Å²) in [7, 11) is 0. The normalized spacial score (nSPS) is 11.6. The molecule has 0 bridgehead atoms. The number of halogens is 5. The number of nitrogens with one attached hydrogen (secondary N) is 1. The summed E-state index contributed by atoms with van der Waals surface area (Å²) in [6.07, 6.45) is -3.27. The number of aromatic nitrogens is 2. The third-order valence-corrected chi connectivity index (χ3v) is 4.37. The fourth-order valence-electron chi connectivity index (χ4n) is 2.89. The van der Waals surface area contributed by atoms with Gasteiger partial charge in [0.1, 0.15) is 22.9 Å². The third-order valence-electron chi connectivity index (χ3n) is 4.37. The van der Waals surface area contributed by atoms with Crippen LogP contribution in [0.15, 0.2) is 48.7 Å². The summed E-state index contributed by atoms with van der Waals surface area (Å²) in [4.78, 5) is 12.2.